The normalized spacial score (nSPS) is 12.9. The van der Waals surface area contributed by atoms with Crippen LogP contribution in [0.2, 0.25) is 0 Å². The Morgan fingerprint density at radius 2 is 2.07 bits per heavy atom. The van der Waals surface area contributed by atoms with E-state index >= 15 is 0 Å². The van der Waals surface area contributed by atoms with Crippen molar-refractivity contribution < 1.29 is 9.53 Å². The van der Waals surface area contributed by atoms with Crippen LogP contribution in [0.15, 0.2) is 0 Å². The average molecular weight is 216 g/mol. The first-order chi connectivity index (χ1) is 7.19. The molecule has 0 heterocycles. The van der Waals surface area contributed by atoms with E-state index in [9.17, 15) is 4.79 Å². The van der Waals surface area contributed by atoms with Gasteiger partial charge in [0.15, 0.2) is 0 Å². The van der Waals surface area contributed by atoms with Gasteiger partial charge in [0.2, 0.25) is 0 Å². The molecular weight excluding hydrogens is 192 g/mol. The van der Waals surface area contributed by atoms with Crippen molar-refractivity contribution in [2.75, 3.05) is 33.8 Å². The summed E-state index contributed by atoms with van der Waals surface area (Å²) in [6.07, 6.45) is 1.95. The predicted octanol–water partition coefficient (Wildman–Crippen LogP) is 0.869. The molecule has 1 unspecified atom stereocenters. The molecule has 0 rings (SSSR count). The molecule has 4 nitrogen and oxygen atoms in total. The molecule has 0 aliphatic rings. The minimum absolute atomic E-state index is 0.176. The Morgan fingerprint density at radius 1 is 1.40 bits per heavy atom. The third-order valence-electron chi connectivity index (χ3n) is 2.56. The Balaban J connectivity index is 3.92. The van der Waals surface area contributed by atoms with Crippen molar-refractivity contribution in [2.24, 2.45) is 0 Å². The van der Waals surface area contributed by atoms with Crippen molar-refractivity contribution in [1.29, 1.82) is 0 Å². The van der Waals surface area contributed by atoms with Gasteiger partial charge in [-0.3, -0.25) is 4.79 Å². The number of methoxy groups -OCH3 is 1. The number of carbonyl (C=O) groups excluding carboxylic acids is 1. The van der Waals surface area contributed by atoms with Crippen molar-refractivity contribution in [3.63, 3.8) is 0 Å². The van der Waals surface area contributed by atoms with E-state index < -0.39 is 0 Å². The minimum Gasteiger partial charge on any atom is -0.468 e. The lowest BCUT2D eigenvalue weighted by atomic mass is 10.2. The monoisotopic (exact) mass is 216 g/mol. The molecule has 90 valence electrons. The van der Waals surface area contributed by atoms with Gasteiger partial charge in [-0.1, -0.05) is 13.8 Å². The summed E-state index contributed by atoms with van der Waals surface area (Å²) in [5.74, 6) is -0.176. The van der Waals surface area contributed by atoms with Gasteiger partial charge in [0.25, 0.3) is 0 Å². The summed E-state index contributed by atoms with van der Waals surface area (Å²) >= 11 is 0. The third-order valence-corrected chi connectivity index (χ3v) is 2.56. The van der Waals surface area contributed by atoms with Crippen molar-refractivity contribution in [3.05, 3.63) is 0 Å². The molecule has 0 fully saturated rings. The summed E-state index contributed by atoms with van der Waals surface area (Å²) in [7, 11) is 3.22. The maximum absolute atomic E-state index is 11.3. The fourth-order valence-electron chi connectivity index (χ4n) is 1.58. The number of nitrogens with one attached hydrogen (secondary N) is 1. The summed E-state index contributed by atoms with van der Waals surface area (Å²) in [4.78, 5) is 13.6. The maximum atomic E-state index is 11.3. The summed E-state index contributed by atoms with van der Waals surface area (Å²) in [6, 6.07) is -0.180. The van der Waals surface area contributed by atoms with Crippen LogP contribution in [-0.4, -0.2) is 50.7 Å². The number of likely N-dealkylation sites (N-methyl/N-ethyl adjacent to an activating group) is 1. The number of carbonyl (C=O) groups is 1. The van der Waals surface area contributed by atoms with E-state index in [1.54, 1.807) is 7.05 Å². The number of esters is 1. The summed E-state index contributed by atoms with van der Waals surface area (Å²) in [5, 5.41) is 2.97. The van der Waals surface area contributed by atoms with E-state index in [1.807, 2.05) is 0 Å². The molecule has 0 bridgehead atoms. The largest absolute Gasteiger partial charge is 0.468 e. The molecule has 1 atom stereocenters. The Labute approximate surface area is 93.0 Å². The summed E-state index contributed by atoms with van der Waals surface area (Å²) in [5.41, 5.74) is 0. The second kappa shape index (κ2) is 8.68. The Hall–Kier alpha value is -0.610. The van der Waals surface area contributed by atoms with E-state index in [1.165, 1.54) is 7.11 Å². The molecule has 0 spiro atoms. The standard InChI is InChI=1S/C11H24N2O2/c1-5-8-13(6-2)9-7-10(12-3)11(14)15-4/h10,12H,5-9H2,1-4H3. The van der Waals surface area contributed by atoms with Gasteiger partial charge in [0.1, 0.15) is 6.04 Å². The molecule has 1 N–H and O–H groups in total. The van der Waals surface area contributed by atoms with Crippen LogP contribution in [0.3, 0.4) is 0 Å². The fraction of sp³-hybridized carbons (Fsp3) is 0.909. The minimum atomic E-state index is -0.180. The molecular formula is C11H24N2O2. The van der Waals surface area contributed by atoms with Gasteiger partial charge < -0.3 is 15.0 Å². The van der Waals surface area contributed by atoms with Gasteiger partial charge >= 0.3 is 5.97 Å². The van der Waals surface area contributed by atoms with E-state index in [0.717, 1.165) is 32.5 Å². The van der Waals surface area contributed by atoms with Crippen LogP contribution >= 0.6 is 0 Å². The highest BCUT2D eigenvalue weighted by Crippen LogP contribution is 1.99. The number of ether oxygens (including phenoxy) is 1. The summed E-state index contributed by atoms with van der Waals surface area (Å²) in [6.45, 7) is 7.37. The molecule has 0 aliphatic carbocycles. The summed E-state index contributed by atoms with van der Waals surface area (Å²) < 4.78 is 4.71. The number of rotatable bonds is 8. The number of hydrogen-bond acceptors (Lipinski definition) is 4. The SMILES string of the molecule is CCCN(CC)CCC(NC)C(=O)OC. The van der Waals surface area contributed by atoms with E-state index in [2.05, 4.69) is 24.1 Å². The first kappa shape index (κ1) is 14.4. The fourth-order valence-corrected chi connectivity index (χ4v) is 1.58. The molecule has 0 aromatic rings. The zero-order chi connectivity index (χ0) is 11.7. The lowest BCUT2D eigenvalue weighted by Gasteiger charge is -2.22. The molecule has 0 radical (unpaired) electrons. The van der Waals surface area contributed by atoms with Crippen molar-refractivity contribution in [1.82, 2.24) is 10.2 Å². The number of nitrogens with zero attached hydrogens (tertiary/aromatic N) is 1. The molecule has 0 aromatic carbocycles. The Kier molecular flexibility index (Phi) is 8.33. The van der Waals surface area contributed by atoms with Crippen LogP contribution in [0.1, 0.15) is 26.7 Å². The van der Waals surface area contributed by atoms with Crippen LogP contribution in [0.4, 0.5) is 0 Å². The van der Waals surface area contributed by atoms with Crippen LogP contribution in [0, 0.1) is 0 Å². The molecule has 0 aromatic heterocycles. The quantitative estimate of drug-likeness (QED) is 0.611. The highest BCUT2D eigenvalue weighted by molar-refractivity contribution is 5.75. The molecule has 0 saturated carbocycles. The van der Waals surface area contributed by atoms with Gasteiger partial charge in [-0.15, -0.1) is 0 Å². The second-order valence-corrected chi connectivity index (χ2v) is 3.59. The zero-order valence-electron chi connectivity index (χ0n) is 10.4. The highest BCUT2D eigenvalue weighted by atomic mass is 16.5. The van der Waals surface area contributed by atoms with E-state index in [4.69, 9.17) is 4.74 Å². The predicted molar refractivity (Wildman–Crippen MR) is 61.9 cm³/mol. The van der Waals surface area contributed by atoms with E-state index in [-0.39, 0.29) is 12.0 Å². The van der Waals surface area contributed by atoms with Crippen LogP contribution in [0.5, 0.6) is 0 Å². The molecule has 0 saturated heterocycles. The van der Waals surface area contributed by atoms with Gasteiger partial charge in [-0.25, -0.2) is 0 Å². The third kappa shape index (κ3) is 5.74. The maximum Gasteiger partial charge on any atom is 0.322 e. The van der Waals surface area contributed by atoms with Crippen molar-refractivity contribution in [3.8, 4) is 0 Å². The second-order valence-electron chi connectivity index (χ2n) is 3.59. The van der Waals surface area contributed by atoms with Crippen molar-refractivity contribution in [2.45, 2.75) is 32.7 Å². The number of hydrogen-bond donors (Lipinski definition) is 1. The smallest absolute Gasteiger partial charge is 0.322 e. The average Bonchev–Trinajstić information content (AvgIpc) is 2.27. The van der Waals surface area contributed by atoms with Crippen LogP contribution < -0.4 is 5.32 Å². The first-order valence-electron chi connectivity index (χ1n) is 5.66. The van der Waals surface area contributed by atoms with E-state index in [0.29, 0.717) is 0 Å². The molecule has 15 heavy (non-hydrogen) atoms. The van der Waals surface area contributed by atoms with Gasteiger partial charge in [0.05, 0.1) is 7.11 Å². The Morgan fingerprint density at radius 3 is 2.47 bits per heavy atom. The topological polar surface area (TPSA) is 41.6 Å². The van der Waals surface area contributed by atoms with Crippen molar-refractivity contribution >= 4 is 5.97 Å². The molecule has 0 aliphatic heterocycles. The highest BCUT2D eigenvalue weighted by Gasteiger charge is 2.17. The zero-order valence-corrected chi connectivity index (χ0v) is 10.4. The van der Waals surface area contributed by atoms with Gasteiger partial charge in [-0.2, -0.15) is 0 Å². The van der Waals surface area contributed by atoms with Crippen LogP contribution in [0.25, 0.3) is 0 Å². The Bertz CT molecular complexity index is 174. The molecule has 0 amide bonds. The lowest BCUT2D eigenvalue weighted by Crippen LogP contribution is -2.38. The van der Waals surface area contributed by atoms with Crippen LogP contribution in [-0.2, 0) is 9.53 Å². The van der Waals surface area contributed by atoms with Gasteiger partial charge in [-0.05, 0) is 33.0 Å². The lowest BCUT2D eigenvalue weighted by molar-refractivity contribution is -0.143. The molecule has 4 heteroatoms. The van der Waals surface area contributed by atoms with Gasteiger partial charge in [0, 0.05) is 6.54 Å². The first-order valence-corrected chi connectivity index (χ1v) is 5.66.